The van der Waals surface area contributed by atoms with Gasteiger partial charge in [0.25, 0.3) is 5.91 Å². The molecule has 0 aliphatic rings. The number of rotatable bonds is 9. The lowest BCUT2D eigenvalue weighted by atomic mass is 10.1. The van der Waals surface area contributed by atoms with E-state index in [1.165, 1.54) is 18.2 Å². The Morgan fingerprint density at radius 1 is 0.931 bits per heavy atom. The fourth-order valence-electron chi connectivity index (χ4n) is 3.01. The molecule has 2 aromatic rings. The Morgan fingerprint density at radius 2 is 1.55 bits per heavy atom. The highest BCUT2D eigenvalue weighted by Crippen LogP contribution is 2.16. The van der Waals surface area contributed by atoms with E-state index in [0.717, 1.165) is 0 Å². The summed E-state index contributed by atoms with van der Waals surface area (Å²) in [5, 5.41) is 2.75. The summed E-state index contributed by atoms with van der Waals surface area (Å²) in [6, 6.07) is 10.4. The number of nitrogens with one attached hydrogen (secondary N) is 1. The summed E-state index contributed by atoms with van der Waals surface area (Å²) in [4.78, 5) is 28.2. The third kappa shape index (κ3) is 6.09. The maximum atomic E-state index is 13.9. The molecule has 0 saturated carbocycles. The van der Waals surface area contributed by atoms with Gasteiger partial charge < -0.3 is 10.2 Å². The second-order valence-electron chi connectivity index (χ2n) is 6.61. The first-order valence-electron chi connectivity index (χ1n) is 9.73. The molecule has 0 saturated heterocycles. The molecule has 0 radical (unpaired) electrons. The van der Waals surface area contributed by atoms with Gasteiger partial charge in [0, 0.05) is 36.4 Å². The third-order valence-electron chi connectivity index (χ3n) is 4.70. The van der Waals surface area contributed by atoms with Gasteiger partial charge in [-0.1, -0.05) is 19.1 Å². The highest BCUT2D eigenvalue weighted by Gasteiger charge is 2.16. The Balaban J connectivity index is 2.04. The number of benzene rings is 2. The molecule has 0 aromatic heterocycles. The maximum absolute atomic E-state index is 13.9. The van der Waals surface area contributed by atoms with Crippen molar-refractivity contribution in [1.82, 2.24) is 9.80 Å². The van der Waals surface area contributed by atoms with Gasteiger partial charge in [0.15, 0.2) is 0 Å². The Morgan fingerprint density at radius 3 is 2.14 bits per heavy atom. The highest BCUT2D eigenvalue weighted by molar-refractivity contribution is 5.97. The van der Waals surface area contributed by atoms with E-state index in [9.17, 15) is 18.4 Å². The van der Waals surface area contributed by atoms with Gasteiger partial charge in [-0.2, -0.15) is 0 Å². The lowest BCUT2D eigenvalue weighted by Crippen LogP contribution is -2.33. The number of hydrogen-bond acceptors (Lipinski definition) is 3. The van der Waals surface area contributed by atoms with Crippen molar-refractivity contribution in [2.75, 3.05) is 31.5 Å². The van der Waals surface area contributed by atoms with Gasteiger partial charge in [-0.3, -0.25) is 14.5 Å². The molecule has 0 unspecified atom stereocenters. The summed E-state index contributed by atoms with van der Waals surface area (Å²) in [6.45, 7) is 7.24. The summed E-state index contributed by atoms with van der Waals surface area (Å²) < 4.78 is 27.7. The topological polar surface area (TPSA) is 52.7 Å². The van der Waals surface area contributed by atoms with Crippen molar-refractivity contribution in [3.05, 3.63) is 65.2 Å². The van der Waals surface area contributed by atoms with Crippen LogP contribution < -0.4 is 5.32 Å². The zero-order valence-corrected chi connectivity index (χ0v) is 17.0. The van der Waals surface area contributed by atoms with Crippen LogP contribution in [0.2, 0.25) is 0 Å². The normalized spacial score (nSPS) is 10.8. The van der Waals surface area contributed by atoms with Crippen LogP contribution in [-0.4, -0.2) is 47.8 Å². The van der Waals surface area contributed by atoms with E-state index in [-0.39, 0.29) is 30.5 Å². The average Bonchev–Trinajstić information content (AvgIpc) is 2.71. The maximum Gasteiger partial charge on any atom is 0.253 e. The second kappa shape index (κ2) is 10.7. The number of anilines is 1. The minimum atomic E-state index is -0.633. The zero-order valence-electron chi connectivity index (χ0n) is 17.0. The molecule has 0 spiro atoms. The van der Waals surface area contributed by atoms with Crippen LogP contribution in [0.25, 0.3) is 0 Å². The Bertz CT molecular complexity index is 833. The van der Waals surface area contributed by atoms with Crippen LogP contribution in [0.5, 0.6) is 0 Å². The Hall–Kier alpha value is -2.80. The van der Waals surface area contributed by atoms with Crippen molar-refractivity contribution in [2.45, 2.75) is 27.3 Å². The van der Waals surface area contributed by atoms with Gasteiger partial charge in [-0.25, -0.2) is 8.78 Å². The lowest BCUT2D eigenvalue weighted by Gasteiger charge is -2.21. The van der Waals surface area contributed by atoms with Gasteiger partial charge >= 0.3 is 0 Å². The van der Waals surface area contributed by atoms with Crippen molar-refractivity contribution in [3.63, 3.8) is 0 Å². The van der Waals surface area contributed by atoms with Gasteiger partial charge in [-0.05, 0) is 50.7 Å². The monoisotopic (exact) mass is 403 g/mol. The van der Waals surface area contributed by atoms with Gasteiger partial charge in [-0.15, -0.1) is 0 Å². The first-order valence-corrected chi connectivity index (χ1v) is 9.73. The van der Waals surface area contributed by atoms with Crippen LogP contribution in [0.4, 0.5) is 14.5 Å². The smallest absolute Gasteiger partial charge is 0.253 e. The van der Waals surface area contributed by atoms with Crippen LogP contribution in [0.1, 0.15) is 36.7 Å². The fourth-order valence-corrected chi connectivity index (χ4v) is 3.01. The second-order valence-corrected chi connectivity index (χ2v) is 6.61. The predicted octanol–water partition coefficient (Wildman–Crippen LogP) is 3.91. The van der Waals surface area contributed by atoms with Crippen LogP contribution in [-0.2, 0) is 11.3 Å². The minimum absolute atomic E-state index is 0.0110. The molecule has 1 N–H and O–H groups in total. The number of carbonyl (C=O) groups is 2. The van der Waals surface area contributed by atoms with Gasteiger partial charge in [0.05, 0.1) is 6.54 Å². The van der Waals surface area contributed by atoms with E-state index in [2.05, 4.69) is 5.32 Å². The molecule has 2 aromatic carbocycles. The van der Waals surface area contributed by atoms with E-state index in [1.54, 1.807) is 34.1 Å². The summed E-state index contributed by atoms with van der Waals surface area (Å²) in [5.41, 5.74) is 0.933. The number of amides is 2. The Kier molecular flexibility index (Phi) is 8.27. The molecule has 156 valence electrons. The van der Waals surface area contributed by atoms with Gasteiger partial charge in [0.1, 0.15) is 11.6 Å². The molecular formula is C22H27F2N3O2. The largest absolute Gasteiger partial charge is 0.339 e. The molecule has 0 bridgehead atoms. The number of carbonyl (C=O) groups excluding carboxylic acids is 2. The average molecular weight is 403 g/mol. The summed E-state index contributed by atoms with van der Waals surface area (Å²) in [7, 11) is 0. The molecule has 5 nitrogen and oxygen atoms in total. The van der Waals surface area contributed by atoms with Crippen LogP contribution >= 0.6 is 0 Å². The molecule has 0 heterocycles. The quantitative estimate of drug-likeness (QED) is 0.691. The summed E-state index contributed by atoms with van der Waals surface area (Å²) in [6.07, 6.45) is 0. The number of hydrogen-bond donors (Lipinski definition) is 1. The van der Waals surface area contributed by atoms with Crippen molar-refractivity contribution >= 4 is 17.5 Å². The molecule has 2 amide bonds. The van der Waals surface area contributed by atoms with E-state index in [0.29, 0.717) is 30.9 Å². The fraction of sp³-hybridized carbons (Fsp3) is 0.364. The van der Waals surface area contributed by atoms with Crippen LogP contribution in [0.15, 0.2) is 42.5 Å². The molecule has 0 fully saturated rings. The third-order valence-corrected chi connectivity index (χ3v) is 4.70. The van der Waals surface area contributed by atoms with Crippen molar-refractivity contribution in [2.24, 2.45) is 0 Å². The first kappa shape index (κ1) is 22.5. The zero-order chi connectivity index (χ0) is 21.4. The van der Waals surface area contributed by atoms with Gasteiger partial charge in [0.2, 0.25) is 5.91 Å². The Labute approximate surface area is 170 Å². The lowest BCUT2D eigenvalue weighted by molar-refractivity contribution is -0.117. The standard InChI is InChI=1S/C22H27F2N3O2/c1-4-26(14-18-19(23)11-8-12-20(18)24)15-21(28)25-17-10-7-9-16(13-17)22(29)27(5-2)6-3/h7-13H,4-6,14-15H2,1-3H3,(H,25,28). The SMILES string of the molecule is CCN(CC(=O)Nc1cccc(C(=O)N(CC)CC)c1)Cc1c(F)cccc1F. The van der Waals surface area contributed by atoms with E-state index >= 15 is 0 Å². The van der Waals surface area contributed by atoms with E-state index in [1.807, 2.05) is 20.8 Å². The van der Waals surface area contributed by atoms with E-state index < -0.39 is 11.6 Å². The molecular weight excluding hydrogens is 376 g/mol. The molecule has 2 rings (SSSR count). The van der Waals surface area contributed by atoms with Crippen molar-refractivity contribution in [1.29, 1.82) is 0 Å². The van der Waals surface area contributed by atoms with E-state index in [4.69, 9.17) is 0 Å². The molecule has 0 aliphatic carbocycles. The summed E-state index contributed by atoms with van der Waals surface area (Å²) >= 11 is 0. The summed E-state index contributed by atoms with van der Waals surface area (Å²) in [5.74, 6) is -1.69. The van der Waals surface area contributed by atoms with Crippen molar-refractivity contribution < 1.29 is 18.4 Å². The predicted molar refractivity (Wildman–Crippen MR) is 110 cm³/mol. The molecule has 0 aliphatic heterocycles. The molecule has 7 heteroatoms. The first-order chi connectivity index (χ1) is 13.9. The number of likely N-dealkylation sites (N-methyl/N-ethyl adjacent to an activating group) is 1. The van der Waals surface area contributed by atoms with Crippen molar-refractivity contribution in [3.8, 4) is 0 Å². The van der Waals surface area contributed by atoms with Crippen LogP contribution in [0, 0.1) is 11.6 Å². The molecule has 0 atom stereocenters. The molecule has 29 heavy (non-hydrogen) atoms. The number of nitrogens with zero attached hydrogens (tertiary/aromatic N) is 2. The highest BCUT2D eigenvalue weighted by atomic mass is 19.1. The number of halogens is 2. The minimum Gasteiger partial charge on any atom is -0.339 e. The van der Waals surface area contributed by atoms with Crippen LogP contribution in [0.3, 0.4) is 0 Å².